The van der Waals surface area contributed by atoms with Crippen molar-refractivity contribution in [1.82, 2.24) is 0 Å². The van der Waals surface area contributed by atoms with Gasteiger partial charge in [-0.1, -0.05) is 20.8 Å². The zero-order valence-electron chi connectivity index (χ0n) is 21.3. The molecule has 0 saturated heterocycles. The highest BCUT2D eigenvalue weighted by molar-refractivity contribution is 5.87. The van der Waals surface area contributed by atoms with Gasteiger partial charge in [0.25, 0.3) is 0 Å². The van der Waals surface area contributed by atoms with E-state index >= 15 is 0 Å². The summed E-state index contributed by atoms with van der Waals surface area (Å²) in [6.45, 7) is 9.25. The molecule has 10 nitrogen and oxygen atoms in total. The molecule has 0 aromatic rings. The van der Waals surface area contributed by atoms with Crippen molar-refractivity contribution >= 4 is 17.9 Å². The monoisotopic (exact) mass is 496 g/mol. The molecule has 0 aromatic carbocycles. The van der Waals surface area contributed by atoms with Gasteiger partial charge < -0.3 is 34.3 Å². The summed E-state index contributed by atoms with van der Waals surface area (Å²) < 4.78 is 22.6. The Morgan fingerprint density at radius 3 is 2.23 bits per heavy atom. The van der Waals surface area contributed by atoms with Gasteiger partial charge in [0.1, 0.15) is 17.8 Å². The fraction of sp³-hybridized carbons (Fsp3) is 0.800. The maximum atomic E-state index is 12.6. The van der Waals surface area contributed by atoms with E-state index in [9.17, 15) is 29.7 Å². The first-order valence-electron chi connectivity index (χ1n) is 12.0. The Kier molecular flexibility index (Phi) is 5.77. The molecule has 9 atom stereocenters. The molecule has 0 radical (unpaired) electrons. The SMILES string of the molecule is CO[C@@]12C[C@H]3[C@@H]([C@@H](O)[C@H](OC(C)=O)[C@@]4(O)C(C)(C)CC[C@H](OC(C)=O)[C@]34C)[C@](C)(O)C1=CC(=O)O2. The lowest BCUT2D eigenvalue weighted by atomic mass is 9.38. The molecule has 1 aliphatic heterocycles. The summed E-state index contributed by atoms with van der Waals surface area (Å²) in [5.41, 5.74) is -5.85. The van der Waals surface area contributed by atoms with Crippen LogP contribution in [0, 0.1) is 22.7 Å². The molecule has 3 fully saturated rings. The number of fused-ring (bicyclic) bond motifs is 4. The molecular weight excluding hydrogens is 460 g/mol. The van der Waals surface area contributed by atoms with Gasteiger partial charge in [-0.05, 0) is 31.1 Å². The molecule has 196 valence electrons. The van der Waals surface area contributed by atoms with Crippen molar-refractivity contribution < 1.29 is 48.7 Å². The summed E-state index contributed by atoms with van der Waals surface area (Å²) in [4.78, 5) is 36.7. The zero-order valence-corrected chi connectivity index (χ0v) is 21.3. The Morgan fingerprint density at radius 1 is 1.09 bits per heavy atom. The minimum Gasteiger partial charge on any atom is -0.462 e. The van der Waals surface area contributed by atoms with E-state index in [1.165, 1.54) is 27.9 Å². The third-order valence-corrected chi connectivity index (χ3v) is 9.40. The molecular formula is C25H36O10. The average Bonchev–Trinajstić information content (AvgIpc) is 3.08. The number of esters is 3. The van der Waals surface area contributed by atoms with E-state index in [2.05, 4.69) is 0 Å². The lowest BCUT2D eigenvalue weighted by Gasteiger charge is -2.71. The molecule has 0 amide bonds. The lowest BCUT2D eigenvalue weighted by molar-refractivity contribution is -0.362. The van der Waals surface area contributed by atoms with Crippen LogP contribution in [0.5, 0.6) is 0 Å². The van der Waals surface area contributed by atoms with E-state index in [1.807, 2.05) is 13.8 Å². The first-order chi connectivity index (χ1) is 16.0. The third-order valence-electron chi connectivity index (χ3n) is 9.40. The number of carbonyl (C=O) groups excluding carboxylic acids is 3. The molecule has 0 bridgehead atoms. The van der Waals surface area contributed by atoms with Crippen LogP contribution < -0.4 is 0 Å². The molecule has 1 heterocycles. The minimum absolute atomic E-state index is 0.0155. The number of hydrogen-bond donors (Lipinski definition) is 3. The second-order valence-corrected chi connectivity index (χ2v) is 11.5. The van der Waals surface area contributed by atoms with E-state index in [4.69, 9.17) is 18.9 Å². The Bertz CT molecular complexity index is 985. The molecule has 3 aliphatic carbocycles. The number of ether oxygens (including phenoxy) is 4. The first kappa shape index (κ1) is 26.1. The van der Waals surface area contributed by atoms with Crippen molar-refractivity contribution in [1.29, 1.82) is 0 Å². The van der Waals surface area contributed by atoms with E-state index in [0.717, 1.165) is 6.08 Å². The smallest absolute Gasteiger partial charge is 0.333 e. The molecule has 3 N–H and O–H groups in total. The summed E-state index contributed by atoms with van der Waals surface area (Å²) in [6, 6.07) is 0. The van der Waals surface area contributed by atoms with Crippen molar-refractivity contribution in [3.63, 3.8) is 0 Å². The molecule has 0 unspecified atom stereocenters. The van der Waals surface area contributed by atoms with Crippen LogP contribution in [-0.4, -0.2) is 75.6 Å². The van der Waals surface area contributed by atoms with Gasteiger partial charge in [-0.2, -0.15) is 0 Å². The van der Waals surface area contributed by atoms with Crippen molar-refractivity contribution in [2.75, 3.05) is 7.11 Å². The van der Waals surface area contributed by atoms with Crippen LogP contribution in [0.15, 0.2) is 11.6 Å². The Morgan fingerprint density at radius 2 is 1.69 bits per heavy atom. The number of hydrogen-bond acceptors (Lipinski definition) is 10. The van der Waals surface area contributed by atoms with E-state index in [1.54, 1.807) is 6.92 Å². The van der Waals surface area contributed by atoms with Crippen LogP contribution in [0.4, 0.5) is 0 Å². The standard InChI is InChI=1S/C25H36O10/c1-12(26)33-16-8-9-21(3,4)25(31)20(34-13(2)27)19(29)18-14(22(16,25)5)11-24(32-7)15(23(18,6)30)10-17(28)35-24/h10,14,16,18-20,29-31H,8-9,11H2,1-7H3/t14-,16-,18-,19+,20-,22-,23+,24+,25+/m0/s1. The van der Waals surface area contributed by atoms with Crippen LogP contribution in [0.2, 0.25) is 0 Å². The van der Waals surface area contributed by atoms with Gasteiger partial charge in [0.15, 0.2) is 6.10 Å². The topological polar surface area (TPSA) is 149 Å². The Hall–Kier alpha value is -2.01. The van der Waals surface area contributed by atoms with Crippen molar-refractivity contribution in [2.24, 2.45) is 22.7 Å². The summed E-state index contributed by atoms with van der Waals surface area (Å²) in [5, 5.41) is 36.2. The van der Waals surface area contributed by atoms with Gasteiger partial charge in [0, 0.05) is 50.4 Å². The normalized spacial score (nSPS) is 48.0. The predicted molar refractivity (Wildman–Crippen MR) is 119 cm³/mol. The first-order valence-corrected chi connectivity index (χ1v) is 12.0. The summed E-state index contributed by atoms with van der Waals surface area (Å²) in [6.07, 6.45) is -1.86. The lowest BCUT2D eigenvalue weighted by Crippen LogP contribution is -2.82. The number of rotatable bonds is 3. The minimum atomic E-state index is -1.89. The largest absolute Gasteiger partial charge is 0.462 e. The van der Waals surface area contributed by atoms with Gasteiger partial charge in [-0.15, -0.1) is 0 Å². The number of carbonyl (C=O) groups is 3. The van der Waals surface area contributed by atoms with Crippen molar-refractivity contribution in [3.8, 4) is 0 Å². The van der Waals surface area contributed by atoms with Crippen LogP contribution in [0.1, 0.15) is 60.8 Å². The fourth-order valence-corrected chi connectivity index (χ4v) is 7.86. The van der Waals surface area contributed by atoms with Gasteiger partial charge in [-0.25, -0.2) is 4.79 Å². The molecule has 0 spiro atoms. The van der Waals surface area contributed by atoms with E-state index in [0.29, 0.717) is 12.8 Å². The summed E-state index contributed by atoms with van der Waals surface area (Å²) in [7, 11) is 1.35. The highest BCUT2D eigenvalue weighted by Crippen LogP contribution is 2.70. The van der Waals surface area contributed by atoms with Crippen molar-refractivity contribution in [2.45, 2.75) is 96.1 Å². The molecule has 0 aromatic heterocycles. The van der Waals surface area contributed by atoms with Gasteiger partial charge >= 0.3 is 17.9 Å². The van der Waals surface area contributed by atoms with Gasteiger partial charge in [-0.3, -0.25) is 9.59 Å². The third kappa shape index (κ3) is 3.19. The second kappa shape index (κ2) is 7.74. The second-order valence-electron chi connectivity index (χ2n) is 11.5. The van der Waals surface area contributed by atoms with Gasteiger partial charge in [0.2, 0.25) is 5.79 Å². The molecule has 35 heavy (non-hydrogen) atoms. The van der Waals surface area contributed by atoms with Crippen LogP contribution in [0.3, 0.4) is 0 Å². The van der Waals surface area contributed by atoms with Crippen LogP contribution >= 0.6 is 0 Å². The number of methoxy groups -OCH3 is 1. The van der Waals surface area contributed by atoms with Gasteiger partial charge in [0.05, 0.1) is 5.60 Å². The summed E-state index contributed by atoms with van der Waals surface area (Å²) >= 11 is 0. The predicted octanol–water partition coefficient (Wildman–Crippen LogP) is 0.995. The maximum absolute atomic E-state index is 12.6. The highest BCUT2D eigenvalue weighted by Gasteiger charge is 2.80. The Labute approximate surface area is 204 Å². The van der Waals surface area contributed by atoms with Crippen molar-refractivity contribution in [3.05, 3.63) is 11.6 Å². The molecule has 4 rings (SSSR count). The quantitative estimate of drug-likeness (QED) is 0.381. The average molecular weight is 497 g/mol. The van der Waals surface area contributed by atoms with E-state index in [-0.39, 0.29) is 12.0 Å². The number of aliphatic hydroxyl groups is 3. The van der Waals surface area contributed by atoms with E-state index < -0.39 is 75.9 Å². The van der Waals surface area contributed by atoms with Crippen LogP contribution in [-0.2, 0) is 33.3 Å². The Balaban J connectivity index is 2.02. The molecule has 3 saturated carbocycles. The molecule has 10 heteroatoms. The maximum Gasteiger partial charge on any atom is 0.333 e. The zero-order chi connectivity index (χ0) is 26.4. The molecule has 4 aliphatic rings. The highest BCUT2D eigenvalue weighted by atomic mass is 16.7. The van der Waals surface area contributed by atoms with Crippen LogP contribution in [0.25, 0.3) is 0 Å². The summed E-state index contributed by atoms with van der Waals surface area (Å²) in [5.74, 6) is -5.39. The number of aliphatic hydroxyl groups excluding tert-OH is 1. The fourth-order valence-electron chi connectivity index (χ4n) is 7.86.